The van der Waals surface area contributed by atoms with Crippen molar-refractivity contribution in [2.24, 2.45) is 5.92 Å². The van der Waals surface area contributed by atoms with Gasteiger partial charge in [-0.15, -0.1) is 0 Å². The molecule has 1 heterocycles. The molecule has 2 rings (SSSR count). The summed E-state index contributed by atoms with van der Waals surface area (Å²) in [6, 6.07) is 8.98. The molecule has 0 bridgehead atoms. The van der Waals surface area contributed by atoms with Gasteiger partial charge in [-0.2, -0.15) is 11.8 Å². The van der Waals surface area contributed by atoms with Gasteiger partial charge in [-0.25, -0.2) is 4.79 Å². The zero-order valence-electron chi connectivity index (χ0n) is 11.1. The SMILES string of the molecule is CC(C)CSCC1(c2ccccc2)NC(=O)NC1=O. The van der Waals surface area contributed by atoms with E-state index in [9.17, 15) is 9.59 Å². The molecule has 1 aliphatic heterocycles. The van der Waals surface area contributed by atoms with E-state index in [-0.39, 0.29) is 5.91 Å². The zero-order valence-corrected chi connectivity index (χ0v) is 11.9. The number of benzene rings is 1. The lowest BCUT2D eigenvalue weighted by molar-refractivity contribution is -0.123. The van der Waals surface area contributed by atoms with Crippen molar-refractivity contribution in [3.63, 3.8) is 0 Å². The Morgan fingerprint density at radius 3 is 2.42 bits per heavy atom. The summed E-state index contributed by atoms with van der Waals surface area (Å²) in [6.07, 6.45) is 0. The van der Waals surface area contributed by atoms with Crippen molar-refractivity contribution in [2.45, 2.75) is 19.4 Å². The molecule has 1 aliphatic rings. The highest BCUT2D eigenvalue weighted by atomic mass is 32.2. The molecule has 19 heavy (non-hydrogen) atoms. The molecule has 0 aromatic heterocycles. The number of nitrogens with one attached hydrogen (secondary N) is 2. The lowest BCUT2D eigenvalue weighted by atomic mass is 9.92. The van der Waals surface area contributed by atoms with Gasteiger partial charge >= 0.3 is 6.03 Å². The maximum atomic E-state index is 12.2. The second-order valence-electron chi connectivity index (χ2n) is 5.09. The Kier molecular flexibility index (Phi) is 4.14. The highest BCUT2D eigenvalue weighted by Crippen LogP contribution is 2.29. The van der Waals surface area contributed by atoms with E-state index >= 15 is 0 Å². The van der Waals surface area contributed by atoms with E-state index in [1.54, 1.807) is 11.8 Å². The summed E-state index contributed by atoms with van der Waals surface area (Å²) >= 11 is 1.68. The number of carbonyl (C=O) groups is 2. The minimum Gasteiger partial charge on any atom is -0.319 e. The fourth-order valence-electron chi connectivity index (χ4n) is 2.05. The summed E-state index contributed by atoms with van der Waals surface area (Å²) < 4.78 is 0. The first-order valence-electron chi connectivity index (χ1n) is 6.31. The van der Waals surface area contributed by atoms with Crippen LogP contribution in [0, 0.1) is 5.92 Å². The summed E-state index contributed by atoms with van der Waals surface area (Å²) in [6.45, 7) is 4.27. The number of carbonyl (C=O) groups excluding carboxylic acids is 2. The van der Waals surface area contributed by atoms with Crippen molar-refractivity contribution in [3.8, 4) is 0 Å². The molecule has 1 saturated heterocycles. The van der Waals surface area contributed by atoms with Crippen molar-refractivity contribution < 1.29 is 9.59 Å². The first kappa shape index (κ1) is 13.9. The summed E-state index contributed by atoms with van der Waals surface area (Å²) in [7, 11) is 0. The molecule has 0 saturated carbocycles. The molecule has 0 radical (unpaired) electrons. The van der Waals surface area contributed by atoms with Gasteiger partial charge in [0, 0.05) is 5.75 Å². The van der Waals surface area contributed by atoms with Crippen LogP contribution in [0.4, 0.5) is 4.79 Å². The predicted molar refractivity (Wildman–Crippen MR) is 77.0 cm³/mol. The van der Waals surface area contributed by atoms with E-state index in [0.717, 1.165) is 11.3 Å². The quantitative estimate of drug-likeness (QED) is 0.811. The van der Waals surface area contributed by atoms with Gasteiger partial charge in [-0.05, 0) is 17.2 Å². The third kappa shape index (κ3) is 2.92. The first-order valence-corrected chi connectivity index (χ1v) is 7.47. The van der Waals surface area contributed by atoms with Crippen LogP contribution in [0.2, 0.25) is 0 Å². The van der Waals surface area contributed by atoms with Gasteiger partial charge in [-0.3, -0.25) is 10.1 Å². The van der Waals surface area contributed by atoms with Gasteiger partial charge in [0.05, 0.1) is 0 Å². The number of thioether (sulfide) groups is 1. The van der Waals surface area contributed by atoms with E-state index < -0.39 is 11.6 Å². The van der Waals surface area contributed by atoms with Crippen molar-refractivity contribution in [3.05, 3.63) is 35.9 Å². The highest BCUT2D eigenvalue weighted by molar-refractivity contribution is 7.99. The molecule has 0 aliphatic carbocycles. The van der Waals surface area contributed by atoms with Crippen LogP contribution in [0.15, 0.2) is 30.3 Å². The van der Waals surface area contributed by atoms with E-state index in [1.165, 1.54) is 0 Å². The predicted octanol–water partition coefficient (Wildman–Crippen LogP) is 2.11. The summed E-state index contributed by atoms with van der Waals surface area (Å²) in [4.78, 5) is 23.7. The lowest BCUT2D eigenvalue weighted by Crippen LogP contribution is -2.46. The van der Waals surface area contributed by atoms with Crippen LogP contribution in [-0.4, -0.2) is 23.4 Å². The van der Waals surface area contributed by atoms with Gasteiger partial charge in [0.1, 0.15) is 0 Å². The average Bonchev–Trinajstić information content (AvgIpc) is 2.66. The van der Waals surface area contributed by atoms with E-state index in [1.807, 2.05) is 30.3 Å². The van der Waals surface area contributed by atoms with Crippen molar-refractivity contribution >= 4 is 23.7 Å². The third-order valence-electron chi connectivity index (χ3n) is 2.98. The summed E-state index contributed by atoms with van der Waals surface area (Å²) in [5, 5.41) is 5.13. The normalized spacial score (nSPS) is 22.5. The molecule has 1 aromatic rings. The van der Waals surface area contributed by atoms with Crippen LogP contribution in [0.5, 0.6) is 0 Å². The Hall–Kier alpha value is -1.49. The molecule has 3 amide bonds. The number of hydrogen-bond acceptors (Lipinski definition) is 3. The largest absolute Gasteiger partial charge is 0.322 e. The van der Waals surface area contributed by atoms with E-state index in [2.05, 4.69) is 24.5 Å². The van der Waals surface area contributed by atoms with Gasteiger partial charge in [-0.1, -0.05) is 44.2 Å². The van der Waals surface area contributed by atoms with Crippen LogP contribution >= 0.6 is 11.8 Å². The Bertz CT molecular complexity index is 476. The van der Waals surface area contributed by atoms with Gasteiger partial charge in [0.25, 0.3) is 5.91 Å². The Labute approximate surface area is 117 Å². The number of imide groups is 1. The molecule has 102 valence electrons. The average molecular weight is 278 g/mol. The minimum atomic E-state index is -0.933. The first-order chi connectivity index (χ1) is 9.04. The van der Waals surface area contributed by atoms with Crippen LogP contribution in [0.1, 0.15) is 19.4 Å². The van der Waals surface area contributed by atoms with Crippen LogP contribution < -0.4 is 10.6 Å². The van der Waals surface area contributed by atoms with Gasteiger partial charge in [0.15, 0.2) is 5.54 Å². The molecule has 4 nitrogen and oxygen atoms in total. The lowest BCUT2D eigenvalue weighted by Gasteiger charge is -2.26. The van der Waals surface area contributed by atoms with Gasteiger partial charge < -0.3 is 5.32 Å². The molecular formula is C14H18N2O2S. The van der Waals surface area contributed by atoms with E-state index in [4.69, 9.17) is 0 Å². The number of amides is 3. The molecule has 1 fully saturated rings. The van der Waals surface area contributed by atoms with Crippen molar-refractivity contribution in [1.29, 1.82) is 0 Å². The van der Waals surface area contributed by atoms with Crippen molar-refractivity contribution in [2.75, 3.05) is 11.5 Å². The second kappa shape index (κ2) is 5.65. The molecule has 2 N–H and O–H groups in total. The van der Waals surface area contributed by atoms with Crippen LogP contribution in [-0.2, 0) is 10.3 Å². The maximum Gasteiger partial charge on any atom is 0.322 e. The second-order valence-corrected chi connectivity index (χ2v) is 6.12. The number of hydrogen-bond donors (Lipinski definition) is 2. The highest BCUT2D eigenvalue weighted by Gasteiger charge is 2.47. The molecule has 0 spiro atoms. The van der Waals surface area contributed by atoms with E-state index in [0.29, 0.717) is 11.7 Å². The molecule has 1 atom stereocenters. The topological polar surface area (TPSA) is 58.2 Å². The molecule has 1 aromatic carbocycles. The summed E-state index contributed by atoms with van der Waals surface area (Å²) in [5.41, 5.74) is -0.104. The Morgan fingerprint density at radius 1 is 1.21 bits per heavy atom. The third-order valence-corrected chi connectivity index (χ3v) is 4.52. The Morgan fingerprint density at radius 2 is 1.89 bits per heavy atom. The molecule has 5 heteroatoms. The Balaban J connectivity index is 2.24. The number of rotatable bonds is 5. The van der Waals surface area contributed by atoms with Crippen LogP contribution in [0.3, 0.4) is 0 Å². The number of urea groups is 1. The molecule has 1 unspecified atom stereocenters. The smallest absolute Gasteiger partial charge is 0.319 e. The maximum absolute atomic E-state index is 12.2. The zero-order chi connectivity index (χ0) is 13.9. The summed E-state index contributed by atoms with van der Waals surface area (Å²) in [5.74, 6) is 1.79. The van der Waals surface area contributed by atoms with Crippen molar-refractivity contribution in [1.82, 2.24) is 10.6 Å². The molecular weight excluding hydrogens is 260 g/mol. The van der Waals surface area contributed by atoms with Gasteiger partial charge in [0.2, 0.25) is 0 Å². The monoisotopic (exact) mass is 278 g/mol. The standard InChI is InChI=1S/C14H18N2O2S/c1-10(2)8-19-9-14(11-6-4-3-5-7-11)12(17)15-13(18)16-14/h3-7,10H,8-9H2,1-2H3,(H2,15,16,17,18). The minimum absolute atomic E-state index is 0.264. The van der Waals surface area contributed by atoms with Crippen LogP contribution in [0.25, 0.3) is 0 Å². The fourth-order valence-corrected chi connectivity index (χ4v) is 3.32. The fraction of sp³-hybridized carbons (Fsp3) is 0.429.